The molecular formula is C14H18N2O3. The van der Waals surface area contributed by atoms with Gasteiger partial charge in [0.05, 0.1) is 38.5 Å². The second-order valence-electron chi connectivity index (χ2n) is 4.65. The van der Waals surface area contributed by atoms with Crippen LogP contribution in [0.4, 0.5) is 5.69 Å². The lowest BCUT2D eigenvalue weighted by molar-refractivity contribution is 0.349. The van der Waals surface area contributed by atoms with Gasteiger partial charge >= 0.3 is 0 Å². The van der Waals surface area contributed by atoms with Crippen LogP contribution in [-0.4, -0.2) is 27.9 Å². The third-order valence-electron chi connectivity index (χ3n) is 3.41. The van der Waals surface area contributed by atoms with E-state index in [4.69, 9.17) is 19.5 Å². The Hall–Kier alpha value is -2.09. The second-order valence-corrected chi connectivity index (χ2v) is 4.65. The van der Waals surface area contributed by atoms with Crippen LogP contribution in [0.15, 0.2) is 12.1 Å². The molecule has 0 bridgehead atoms. The van der Waals surface area contributed by atoms with Crippen molar-refractivity contribution in [3.8, 4) is 23.3 Å². The van der Waals surface area contributed by atoms with E-state index in [1.165, 1.54) is 0 Å². The molecule has 5 heteroatoms. The van der Waals surface area contributed by atoms with Gasteiger partial charge in [-0.1, -0.05) is 0 Å². The highest BCUT2D eigenvalue weighted by atomic mass is 16.5. The Balaban J connectivity index is 2.21. The third kappa shape index (κ3) is 2.68. The van der Waals surface area contributed by atoms with E-state index in [9.17, 15) is 0 Å². The number of ether oxygens (including phenoxy) is 3. The highest BCUT2D eigenvalue weighted by Crippen LogP contribution is 2.46. The van der Waals surface area contributed by atoms with Crippen molar-refractivity contribution in [2.24, 2.45) is 5.41 Å². The Morgan fingerprint density at radius 3 is 2.16 bits per heavy atom. The van der Waals surface area contributed by atoms with E-state index in [1.807, 2.05) is 6.07 Å². The summed E-state index contributed by atoms with van der Waals surface area (Å²) in [7, 11) is 4.77. The van der Waals surface area contributed by atoms with Gasteiger partial charge < -0.3 is 19.5 Å². The molecule has 19 heavy (non-hydrogen) atoms. The fourth-order valence-electron chi connectivity index (χ4n) is 1.91. The first-order chi connectivity index (χ1) is 9.18. The first kappa shape index (κ1) is 13.3. The van der Waals surface area contributed by atoms with Crippen LogP contribution in [0.3, 0.4) is 0 Å². The number of rotatable bonds is 6. The molecule has 102 valence electrons. The predicted octanol–water partition coefficient (Wildman–Crippen LogP) is 2.43. The first-order valence-electron chi connectivity index (χ1n) is 6.13. The number of nitrogens with zero attached hydrogens (tertiary/aromatic N) is 1. The van der Waals surface area contributed by atoms with Gasteiger partial charge in [0, 0.05) is 18.7 Å². The molecule has 1 saturated carbocycles. The molecule has 5 nitrogen and oxygen atoms in total. The standard InChI is InChI=1S/C14H18N2O3/c1-17-11-7-13(19-3)12(18-2)6-10(11)16-9-14(8-15)4-5-14/h6-7,16H,4-5,9H2,1-3H3. The van der Waals surface area contributed by atoms with E-state index >= 15 is 0 Å². The average molecular weight is 262 g/mol. The van der Waals surface area contributed by atoms with Crippen molar-refractivity contribution in [1.29, 1.82) is 5.26 Å². The fraction of sp³-hybridized carbons (Fsp3) is 0.500. The minimum Gasteiger partial charge on any atom is -0.494 e. The van der Waals surface area contributed by atoms with Crippen LogP contribution in [0.1, 0.15) is 12.8 Å². The molecule has 1 aliphatic rings. The highest BCUT2D eigenvalue weighted by Gasteiger charge is 2.43. The Morgan fingerprint density at radius 1 is 1.11 bits per heavy atom. The van der Waals surface area contributed by atoms with E-state index in [0.29, 0.717) is 23.8 Å². The first-order valence-corrected chi connectivity index (χ1v) is 6.13. The Morgan fingerprint density at radius 2 is 1.68 bits per heavy atom. The number of hydrogen-bond donors (Lipinski definition) is 1. The zero-order chi connectivity index (χ0) is 13.9. The Kier molecular flexibility index (Phi) is 3.70. The van der Waals surface area contributed by atoms with Crippen molar-refractivity contribution in [3.63, 3.8) is 0 Å². The van der Waals surface area contributed by atoms with Crippen LogP contribution in [-0.2, 0) is 0 Å². The molecular weight excluding hydrogens is 244 g/mol. The van der Waals surface area contributed by atoms with Gasteiger partial charge in [0.1, 0.15) is 5.75 Å². The molecule has 0 aliphatic heterocycles. The normalized spacial score (nSPS) is 15.3. The van der Waals surface area contributed by atoms with E-state index < -0.39 is 0 Å². The van der Waals surface area contributed by atoms with Crippen LogP contribution in [0.25, 0.3) is 0 Å². The monoisotopic (exact) mass is 262 g/mol. The van der Waals surface area contributed by atoms with Gasteiger partial charge in [-0.25, -0.2) is 0 Å². The van der Waals surface area contributed by atoms with Gasteiger partial charge in [-0.15, -0.1) is 0 Å². The molecule has 1 aromatic rings. The maximum absolute atomic E-state index is 9.08. The van der Waals surface area contributed by atoms with Crippen LogP contribution in [0, 0.1) is 16.7 Å². The topological polar surface area (TPSA) is 63.5 Å². The number of nitriles is 1. The quantitative estimate of drug-likeness (QED) is 0.853. The molecule has 0 heterocycles. The molecule has 1 fully saturated rings. The van der Waals surface area contributed by atoms with Crippen molar-refractivity contribution >= 4 is 5.69 Å². The van der Waals surface area contributed by atoms with Gasteiger partial charge in [0.2, 0.25) is 0 Å². The van der Waals surface area contributed by atoms with Crippen LogP contribution < -0.4 is 19.5 Å². The number of methoxy groups -OCH3 is 3. The van der Waals surface area contributed by atoms with Crippen molar-refractivity contribution in [2.45, 2.75) is 12.8 Å². The molecule has 0 spiro atoms. The van der Waals surface area contributed by atoms with Gasteiger partial charge in [0.25, 0.3) is 0 Å². The molecule has 1 aromatic carbocycles. The predicted molar refractivity (Wildman–Crippen MR) is 71.9 cm³/mol. The molecule has 1 N–H and O–H groups in total. The maximum Gasteiger partial charge on any atom is 0.164 e. The maximum atomic E-state index is 9.08. The summed E-state index contributed by atoms with van der Waals surface area (Å²) in [6.45, 7) is 0.620. The van der Waals surface area contributed by atoms with Gasteiger partial charge in [-0.2, -0.15) is 5.26 Å². The minimum absolute atomic E-state index is 0.210. The highest BCUT2D eigenvalue weighted by molar-refractivity contribution is 5.64. The summed E-state index contributed by atoms with van der Waals surface area (Å²) in [5.74, 6) is 1.92. The second kappa shape index (κ2) is 5.27. The smallest absolute Gasteiger partial charge is 0.164 e. The lowest BCUT2D eigenvalue weighted by Crippen LogP contribution is -2.14. The Bertz CT molecular complexity index is 504. The lowest BCUT2D eigenvalue weighted by Gasteiger charge is -2.16. The number of nitrogens with one attached hydrogen (secondary N) is 1. The minimum atomic E-state index is -0.210. The number of anilines is 1. The van der Waals surface area contributed by atoms with Crippen LogP contribution in [0.2, 0.25) is 0 Å². The zero-order valence-corrected chi connectivity index (χ0v) is 11.4. The van der Waals surface area contributed by atoms with E-state index in [0.717, 1.165) is 18.5 Å². The van der Waals surface area contributed by atoms with Gasteiger partial charge in [-0.3, -0.25) is 0 Å². The number of benzene rings is 1. The summed E-state index contributed by atoms with van der Waals surface area (Å²) in [4.78, 5) is 0. The molecule has 0 unspecified atom stereocenters. The molecule has 1 aliphatic carbocycles. The van der Waals surface area contributed by atoms with E-state index in [1.54, 1.807) is 27.4 Å². The molecule has 2 rings (SSSR count). The fourth-order valence-corrected chi connectivity index (χ4v) is 1.91. The zero-order valence-electron chi connectivity index (χ0n) is 11.4. The summed E-state index contributed by atoms with van der Waals surface area (Å²) in [6, 6.07) is 5.95. The molecule has 0 atom stereocenters. The Labute approximate surface area is 113 Å². The average Bonchev–Trinajstić information content (AvgIpc) is 3.24. The van der Waals surface area contributed by atoms with E-state index in [2.05, 4.69) is 11.4 Å². The summed E-state index contributed by atoms with van der Waals surface area (Å²) in [6.07, 6.45) is 1.90. The molecule has 0 radical (unpaired) electrons. The molecule has 0 aromatic heterocycles. The lowest BCUT2D eigenvalue weighted by atomic mass is 10.1. The van der Waals surface area contributed by atoms with Crippen LogP contribution >= 0.6 is 0 Å². The number of hydrogen-bond acceptors (Lipinski definition) is 5. The van der Waals surface area contributed by atoms with E-state index in [-0.39, 0.29) is 5.41 Å². The van der Waals surface area contributed by atoms with Crippen molar-refractivity contribution in [1.82, 2.24) is 0 Å². The SMILES string of the molecule is COc1cc(OC)c(OC)cc1NCC1(C#N)CC1. The largest absolute Gasteiger partial charge is 0.494 e. The summed E-state index contributed by atoms with van der Waals surface area (Å²) in [5.41, 5.74) is 0.597. The van der Waals surface area contributed by atoms with Gasteiger partial charge in [-0.05, 0) is 12.8 Å². The van der Waals surface area contributed by atoms with Crippen LogP contribution in [0.5, 0.6) is 17.2 Å². The third-order valence-corrected chi connectivity index (χ3v) is 3.41. The van der Waals surface area contributed by atoms with Crippen molar-refractivity contribution in [3.05, 3.63) is 12.1 Å². The molecule has 0 saturated heterocycles. The molecule has 0 amide bonds. The van der Waals surface area contributed by atoms with Crippen molar-refractivity contribution < 1.29 is 14.2 Å². The summed E-state index contributed by atoms with van der Waals surface area (Å²) < 4.78 is 15.8. The summed E-state index contributed by atoms with van der Waals surface area (Å²) in [5, 5.41) is 12.3. The summed E-state index contributed by atoms with van der Waals surface area (Å²) >= 11 is 0. The van der Waals surface area contributed by atoms with Crippen molar-refractivity contribution in [2.75, 3.05) is 33.2 Å². The van der Waals surface area contributed by atoms with Gasteiger partial charge in [0.15, 0.2) is 11.5 Å².